The van der Waals surface area contributed by atoms with Crippen LogP contribution in [0.15, 0.2) is 24.3 Å². The predicted octanol–water partition coefficient (Wildman–Crippen LogP) is 2.14. The minimum absolute atomic E-state index is 0.0435. The van der Waals surface area contributed by atoms with E-state index in [0.29, 0.717) is 12.2 Å². The first-order valence-electron chi connectivity index (χ1n) is 10.8. The molecule has 3 heterocycles. The molecule has 6 heteroatoms. The molecule has 1 N–H and O–H groups in total. The van der Waals surface area contributed by atoms with E-state index in [-0.39, 0.29) is 18.1 Å². The number of nitrogens with one attached hydrogen (secondary N) is 1. The molecule has 0 aliphatic carbocycles. The first-order valence-corrected chi connectivity index (χ1v) is 10.8. The summed E-state index contributed by atoms with van der Waals surface area (Å²) in [7, 11) is 2.21. The van der Waals surface area contributed by atoms with Gasteiger partial charge in [-0.25, -0.2) is 0 Å². The molecule has 3 saturated heterocycles. The number of piperidine rings is 2. The average Bonchev–Trinajstić information content (AvgIpc) is 3.22. The second kappa shape index (κ2) is 9.25. The lowest BCUT2D eigenvalue weighted by Crippen LogP contribution is -2.48. The van der Waals surface area contributed by atoms with Gasteiger partial charge in [-0.15, -0.1) is 0 Å². The third-order valence-corrected chi connectivity index (χ3v) is 6.34. The molecule has 3 fully saturated rings. The minimum Gasteiger partial charge on any atom is -0.490 e. The predicted molar refractivity (Wildman–Crippen MR) is 109 cm³/mol. The fraction of sp³-hybridized carbons (Fsp3) is 0.682. The number of rotatable bonds is 5. The molecule has 0 bridgehead atoms. The lowest BCUT2D eigenvalue weighted by Gasteiger charge is -2.41. The zero-order valence-corrected chi connectivity index (χ0v) is 16.9. The van der Waals surface area contributed by atoms with Crippen molar-refractivity contribution in [1.82, 2.24) is 15.1 Å². The molecular formula is C22H33N3O3. The van der Waals surface area contributed by atoms with E-state index in [1.165, 1.54) is 25.9 Å². The summed E-state index contributed by atoms with van der Waals surface area (Å²) in [4.78, 5) is 17.5. The molecule has 1 atom stereocenters. The van der Waals surface area contributed by atoms with E-state index < -0.39 is 0 Å². The summed E-state index contributed by atoms with van der Waals surface area (Å²) in [6, 6.07) is 8.45. The van der Waals surface area contributed by atoms with Crippen molar-refractivity contribution in [3.63, 3.8) is 0 Å². The van der Waals surface area contributed by atoms with Crippen molar-refractivity contribution in [3.05, 3.63) is 29.8 Å². The van der Waals surface area contributed by atoms with Gasteiger partial charge in [-0.1, -0.05) is 6.07 Å². The van der Waals surface area contributed by atoms with Gasteiger partial charge in [-0.2, -0.15) is 0 Å². The van der Waals surface area contributed by atoms with E-state index in [9.17, 15) is 4.79 Å². The third-order valence-electron chi connectivity index (χ3n) is 6.34. The van der Waals surface area contributed by atoms with Crippen LogP contribution in [0.3, 0.4) is 0 Å². The van der Waals surface area contributed by atoms with Crippen LogP contribution in [0.25, 0.3) is 0 Å². The number of hydrogen-bond donors (Lipinski definition) is 1. The van der Waals surface area contributed by atoms with Gasteiger partial charge in [-0.3, -0.25) is 4.79 Å². The topological polar surface area (TPSA) is 54.0 Å². The van der Waals surface area contributed by atoms with Crippen LogP contribution in [-0.4, -0.2) is 80.3 Å². The summed E-state index contributed by atoms with van der Waals surface area (Å²) in [5.74, 6) is 0.756. The molecule has 1 amide bonds. The fourth-order valence-electron chi connectivity index (χ4n) is 4.54. The second-order valence-corrected chi connectivity index (χ2v) is 8.45. The van der Waals surface area contributed by atoms with Crippen molar-refractivity contribution < 1.29 is 14.3 Å². The number of carbonyl (C=O) groups is 1. The molecule has 0 radical (unpaired) electrons. The molecule has 3 aliphatic heterocycles. The van der Waals surface area contributed by atoms with Gasteiger partial charge >= 0.3 is 0 Å². The van der Waals surface area contributed by atoms with Gasteiger partial charge < -0.3 is 24.6 Å². The molecule has 1 aromatic carbocycles. The van der Waals surface area contributed by atoms with Gasteiger partial charge in [0.2, 0.25) is 0 Å². The molecule has 28 heavy (non-hydrogen) atoms. The van der Waals surface area contributed by atoms with Crippen LogP contribution in [0.2, 0.25) is 0 Å². The SMILES string of the molecule is CN1CCC(N2CCC(Oc3cccc(C(=O)NC4CCOC4)c3)CC2)CC1. The van der Waals surface area contributed by atoms with Crippen LogP contribution in [0, 0.1) is 0 Å². The highest BCUT2D eigenvalue weighted by atomic mass is 16.5. The Morgan fingerprint density at radius 3 is 2.61 bits per heavy atom. The summed E-state index contributed by atoms with van der Waals surface area (Å²) in [6.45, 7) is 5.98. The molecule has 6 nitrogen and oxygen atoms in total. The van der Waals surface area contributed by atoms with Gasteiger partial charge in [0.25, 0.3) is 5.91 Å². The van der Waals surface area contributed by atoms with Crippen molar-refractivity contribution in [1.29, 1.82) is 0 Å². The van der Waals surface area contributed by atoms with E-state index in [4.69, 9.17) is 9.47 Å². The van der Waals surface area contributed by atoms with E-state index in [1.807, 2.05) is 24.3 Å². The van der Waals surface area contributed by atoms with E-state index >= 15 is 0 Å². The Labute approximate surface area is 168 Å². The van der Waals surface area contributed by atoms with Crippen molar-refractivity contribution >= 4 is 5.91 Å². The number of carbonyl (C=O) groups excluding carboxylic acids is 1. The van der Waals surface area contributed by atoms with Crippen LogP contribution in [0.5, 0.6) is 5.75 Å². The molecule has 0 spiro atoms. The summed E-state index contributed by atoms with van der Waals surface area (Å²) in [5, 5.41) is 3.04. The average molecular weight is 388 g/mol. The van der Waals surface area contributed by atoms with E-state index in [1.54, 1.807) is 0 Å². The molecule has 3 aliphatic rings. The Morgan fingerprint density at radius 1 is 1.11 bits per heavy atom. The zero-order chi connectivity index (χ0) is 19.3. The van der Waals surface area contributed by atoms with Gasteiger partial charge in [0.1, 0.15) is 11.9 Å². The Bertz CT molecular complexity index is 646. The zero-order valence-electron chi connectivity index (χ0n) is 16.9. The van der Waals surface area contributed by atoms with Crippen molar-refractivity contribution in [3.8, 4) is 5.75 Å². The molecule has 1 aromatic rings. The van der Waals surface area contributed by atoms with Crippen molar-refractivity contribution in [2.24, 2.45) is 0 Å². The van der Waals surface area contributed by atoms with Crippen LogP contribution < -0.4 is 10.1 Å². The van der Waals surface area contributed by atoms with E-state index in [2.05, 4.69) is 22.2 Å². The van der Waals surface area contributed by atoms with Crippen LogP contribution in [0.4, 0.5) is 0 Å². The number of likely N-dealkylation sites (tertiary alicyclic amines) is 2. The largest absolute Gasteiger partial charge is 0.490 e. The molecule has 0 aromatic heterocycles. The molecule has 154 valence electrons. The monoisotopic (exact) mass is 387 g/mol. The van der Waals surface area contributed by atoms with Gasteiger partial charge in [0.15, 0.2) is 0 Å². The minimum atomic E-state index is -0.0435. The Morgan fingerprint density at radius 2 is 1.89 bits per heavy atom. The number of ether oxygens (including phenoxy) is 2. The first kappa shape index (κ1) is 19.7. The van der Waals surface area contributed by atoms with Crippen molar-refractivity contribution in [2.45, 2.75) is 50.3 Å². The lowest BCUT2D eigenvalue weighted by molar-refractivity contribution is 0.0525. The maximum Gasteiger partial charge on any atom is 0.251 e. The van der Waals surface area contributed by atoms with Crippen molar-refractivity contribution in [2.75, 3.05) is 46.4 Å². The highest BCUT2D eigenvalue weighted by Gasteiger charge is 2.28. The highest BCUT2D eigenvalue weighted by molar-refractivity contribution is 5.94. The molecule has 1 unspecified atom stereocenters. The number of amides is 1. The molecule has 4 rings (SSSR count). The van der Waals surface area contributed by atoms with Crippen LogP contribution >= 0.6 is 0 Å². The molecule has 0 saturated carbocycles. The maximum absolute atomic E-state index is 12.5. The Kier molecular flexibility index (Phi) is 6.50. The van der Waals surface area contributed by atoms with Gasteiger partial charge in [-0.05, 0) is 70.4 Å². The summed E-state index contributed by atoms with van der Waals surface area (Å²) in [5.41, 5.74) is 0.660. The standard InChI is InChI=1S/C22H33N3O3/c1-24-10-5-19(6-11-24)25-12-7-20(8-13-25)28-21-4-2-3-17(15-21)22(26)23-18-9-14-27-16-18/h2-4,15,18-20H,5-14,16H2,1H3,(H,23,26). The number of benzene rings is 1. The smallest absolute Gasteiger partial charge is 0.251 e. The number of hydrogen-bond acceptors (Lipinski definition) is 5. The summed E-state index contributed by atoms with van der Waals surface area (Å²) in [6.07, 6.45) is 5.81. The highest BCUT2D eigenvalue weighted by Crippen LogP contribution is 2.24. The quantitative estimate of drug-likeness (QED) is 0.839. The van der Waals surface area contributed by atoms with Gasteiger partial charge in [0, 0.05) is 31.3 Å². The summed E-state index contributed by atoms with van der Waals surface area (Å²) >= 11 is 0. The fourth-order valence-corrected chi connectivity index (χ4v) is 4.54. The second-order valence-electron chi connectivity index (χ2n) is 8.45. The molecular weight excluding hydrogens is 354 g/mol. The van der Waals surface area contributed by atoms with Crippen LogP contribution in [-0.2, 0) is 4.74 Å². The maximum atomic E-state index is 12.5. The number of nitrogens with zero attached hydrogens (tertiary/aromatic N) is 2. The lowest BCUT2D eigenvalue weighted by atomic mass is 9.99. The Hall–Kier alpha value is -1.63. The first-order chi connectivity index (χ1) is 13.7. The summed E-state index contributed by atoms with van der Waals surface area (Å²) < 4.78 is 11.6. The van der Waals surface area contributed by atoms with Gasteiger partial charge in [0.05, 0.1) is 12.6 Å². The van der Waals surface area contributed by atoms with Crippen LogP contribution in [0.1, 0.15) is 42.5 Å². The normalized spacial score (nSPS) is 25.7. The Balaban J connectivity index is 1.26. The third kappa shape index (κ3) is 5.04. The van der Waals surface area contributed by atoms with E-state index in [0.717, 1.165) is 50.8 Å².